The SMILES string of the molecule is C=C(C)C(=O)OCCOCCOCCOCCOCCCCCCCCCCCCCCCC. The second kappa shape index (κ2) is 28.3. The molecule has 0 amide bonds. The van der Waals surface area contributed by atoms with Crippen LogP contribution in [0.3, 0.4) is 0 Å². The van der Waals surface area contributed by atoms with Crippen molar-refractivity contribution in [3.63, 3.8) is 0 Å². The highest BCUT2D eigenvalue weighted by atomic mass is 16.6. The van der Waals surface area contributed by atoms with E-state index in [0.29, 0.717) is 51.8 Å². The Morgan fingerprint density at radius 1 is 0.500 bits per heavy atom. The van der Waals surface area contributed by atoms with Gasteiger partial charge in [-0.15, -0.1) is 0 Å². The molecule has 0 unspecified atom stereocenters. The topological polar surface area (TPSA) is 63.2 Å². The van der Waals surface area contributed by atoms with Gasteiger partial charge in [0.1, 0.15) is 6.61 Å². The van der Waals surface area contributed by atoms with Crippen LogP contribution in [-0.4, -0.2) is 65.4 Å². The first kappa shape index (κ1) is 33.0. The van der Waals surface area contributed by atoms with Crippen molar-refractivity contribution in [1.82, 2.24) is 0 Å². The van der Waals surface area contributed by atoms with Crippen molar-refractivity contribution < 1.29 is 28.5 Å². The first-order valence-corrected chi connectivity index (χ1v) is 13.8. The van der Waals surface area contributed by atoms with Crippen LogP contribution in [0.1, 0.15) is 104 Å². The fourth-order valence-electron chi connectivity index (χ4n) is 3.48. The van der Waals surface area contributed by atoms with Crippen molar-refractivity contribution in [3.05, 3.63) is 12.2 Å². The molecular weight excluding hydrogens is 432 g/mol. The maximum absolute atomic E-state index is 11.2. The summed E-state index contributed by atoms with van der Waals surface area (Å²) in [6.45, 7) is 12.1. The Morgan fingerprint density at radius 3 is 1.21 bits per heavy atom. The zero-order chi connectivity index (χ0) is 25.0. The fourth-order valence-corrected chi connectivity index (χ4v) is 3.48. The molecule has 0 rings (SSSR count). The third-order valence-corrected chi connectivity index (χ3v) is 5.57. The smallest absolute Gasteiger partial charge is 0.333 e. The third kappa shape index (κ3) is 27.3. The molecule has 0 heterocycles. The summed E-state index contributed by atoms with van der Waals surface area (Å²) in [4.78, 5) is 11.2. The van der Waals surface area contributed by atoms with Crippen LogP contribution in [0.2, 0.25) is 0 Å². The molecule has 0 aliphatic rings. The zero-order valence-electron chi connectivity index (χ0n) is 22.4. The Bertz CT molecular complexity index is 441. The molecule has 0 aromatic heterocycles. The van der Waals surface area contributed by atoms with Gasteiger partial charge < -0.3 is 23.7 Å². The summed E-state index contributed by atoms with van der Waals surface area (Å²) in [5.74, 6) is -0.388. The van der Waals surface area contributed by atoms with E-state index in [4.69, 9.17) is 23.7 Å². The monoisotopic (exact) mass is 486 g/mol. The minimum atomic E-state index is -0.388. The van der Waals surface area contributed by atoms with Crippen molar-refractivity contribution in [2.75, 3.05) is 59.5 Å². The quantitative estimate of drug-likeness (QED) is 0.0700. The van der Waals surface area contributed by atoms with Gasteiger partial charge in [0.15, 0.2) is 0 Å². The van der Waals surface area contributed by atoms with Crippen LogP contribution in [0.25, 0.3) is 0 Å². The highest BCUT2D eigenvalue weighted by Gasteiger charge is 2.01. The predicted molar refractivity (Wildman–Crippen MR) is 139 cm³/mol. The van der Waals surface area contributed by atoms with Gasteiger partial charge in [-0.2, -0.15) is 0 Å². The van der Waals surface area contributed by atoms with Crippen molar-refractivity contribution in [2.24, 2.45) is 0 Å². The first-order valence-electron chi connectivity index (χ1n) is 13.8. The second-order valence-electron chi connectivity index (χ2n) is 8.96. The Balaban J connectivity index is 3.05. The molecule has 0 aliphatic heterocycles. The van der Waals surface area contributed by atoms with Crippen molar-refractivity contribution in [1.29, 1.82) is 0 Å². The van der Waals surface area contributed by atoms with Crippen molar-refractivity contribution >= 4 is 5.97 Å². The van der Waals surface area contributed by atoms with E-state index in [1.807, 2.05) is 0 Å². The molecule has 0 radical (unpaired) electrons. The molecule has 0 aliphatic carbocycles. The van der Waals surface area contributed by atoms with Gasteiger partial charge in [-0.05, 0) is 13.3 Å². The summed E-state index contributed by atoms with van der Waals surface area (Å²) in [5, 5.41) is 0. The normalized spacial score (nSPS) is 11.1. The molecule has 0 saturated carbocycles. The summed E-state index contributed by atoms with van der Waals surface area (Å²) >= 11 is 0. The molecule has 0 fully saturated rings. The zero-order valence-corrected chi connectivity index (χ0v) is 22.4. The van der Waals surface area contributed by atoms with Crippen molar-refractivity contribution in [3.8, 4) is 0 Å². The van der Waals surface area contributed by atoms with E-state index in [1.54, 1.807) is 6.92 Å². The van der Waals surface area contributed by atoms with Crippen LogP contribution in [0.5, 0.6) is 0 Å². The lowest BCUT2D eigenvalue weighted by Crippen LogP contribution is -2.14. The van der Waals surface area contributed by atoms with E-state index < -0.39 is 0 Å². The molecule has 0 bridgehead atoms. The number of hydrogen-bond acceptors (Lipinski definition) is 6. The Hall–Kier alpha value is -0.950. The summed E-state index contributed by atoms with van der Waals surface area (Å²) in [7, 11) is 0. The standard InChI is InChI=1S/C28H54O6/c1-4-5-6-7-8-9-10-11-12-13-14-15-16-17-18-30-19-20-31-21-22-32-23-24-33-25-26-34-28(29)27(2)3/h2,4-26H2,1,3H3. The summed E-state index contributed by atoms with van der Waals surface area (Å²) in [6, 6.07) is 0. The Labute approximate surface area is 210 Å². The highest BCUT2D eigenvalue weighted by molar-refractivity contribution is 5.86. The van der Waals surface area contributed by atoms with Gasteiger partial charge in [0.2, 0.25) is 0 Å². The Kier molecular flexibility index (Phi) is 27.5. The van der Waals surface area contributed by atoms with Crippen LogP contribution in [0, 0.1) is 0 Å². The van der Waals surface area contributed by atoms with Crippen LogP contribution in [-0.2, 0) is 28.5 Å². The molecule has 6 heteroatoms. The van der Waals surface area contributed by atoms with E-state index in [2.05, 4.69) is 13.5 Å². The van der Waals surface area contributed by atoms with Gasteiger partial charge in [0, 0.05) is 12.2 Å². The van der Waals surface area contributed by atoms with Crippen molar-refractivity contribution in [2.45, 2.75) is 104 Å². The molecule has 0 saturated heterocycles. The lowest BCUT2D eigenvalue weighted by Gasteiger charge is -2.08. The molecule has 0 aromatic carbocycles. The third-order valence-electron chi connectivity index (χ3n) is 5.57. The molecule has 0 N–H and O–H groups in total. The molecule has 0 aromatic rings. The van der Waals surface area contributed by atoms with Gasteiger partial charge in [0.05, 0.1) is 46.2 Å². The van der Waals surface area contributed by atoms with Gasteiger partial charge >= 0.3 is 5.97 Å². The van der Waals surface area contributed by atoms with Crippen LogP contribution in [0.4, 0.5) is 0 Å². The highest BCUT2D eigenvalue weighted by Crippen LogP contribution is 2.12. The number of hydrogen-bond donors (Lipinski definition) is 0. The lowest BCUT2D eigenvalue weighted by molar-refractivity contribution is -0.140. The minimum absolute atomic E-state index is 0.230. The van der Waals surface area contributed by atoms with Gasteiger partial charge in [0.25, 0.3) is 0 Å². The Morgan fingerprint density at radius 2 is 0.824 bits per heavy atom. The molecular formula is C28H54O6. The van der Waals surface area contributed by atoms with E-state index in [1.165, 1.54) is 83.5 Å². The van der Waals surface area contributed by atoms with E-state index in [9.17, 15) is 4.79 Å². The molecule has 202 valence electrons. The fraction of sp³-hybridized carbons (Fsp3) is 0.893. The number of carbonyl (C=O) groups is 1. The molecule has 6 nitrogen and oxygen atoms in total. The lowest BCUT2D eigenvalue weighted by atomic mass is 10.0. The van der Waals surface area contributed by atoms with E-state index in [-0.39, 0.29) is 12.6 Å². The molecule has 0 atom stereocenters. The van der Waals surface area contributed by atoms with E-state index in [0.717, 1.165) is 13.0 Å². The maximum Gasteiger partial charge on any atom is 0.333 e. The van der Waals surface area contributed by atoms with Gasteiger partial charge in [-0.1, -0.05) is 97.0 Å². The molecule has 0 spiro atoms. The number of rotatable bonds is 28. The van der Waals surface area contributed by atoms with Gasteiger partial charge in [-0.3, -0.25) is 0 Å². The van der Waals surface area contributed by atoms with Crippen LogP contribution in [0.15, 0.2) is 12.2 Å². The first-order chi connectivity index (χ1) is 16.7. The molecule has 34 heavy (non-hydrogen) atoms. The van der Waals surface area contributed by atoms with Crippen LogP contribution < -0.4 is 0 Å². The van der Waals surface area contributed by atoms with E-state index >= 15 is 0 Å². The summed E-state index contributed by atoms with van der Waals surface area (Å²) in [6.07, 6.45) is 19.3. The minimum Gasteiger partial charge on any atom is -0.460 e. The number of esters is 1. The number of carbonyl (C=O) groups excluding carboxylic acids is 1. The van der Waals surface area contributed by atoms with Crippen LogP contribution >= 0.6 is 0 Å². The second-order valence-corrected chi connectivity index (χ2v) is 8.96. The number of ether oxygens (including phenoxy) is 5. The summed E-state index contributed by atoms with van der Waals surface area (Å²) < 4.78 is 26.8. The number of unbranched alkanes of at least 4 members (excludes halogenated alkanes) is 13. The maximum atomic E-state index is 11.2. The summed E-state index contributed by atoms with van der Waals surface area (Å²) in [5.41, 5.74) is 0.392. The largest absolute Gasteiger partial charge is 0.460 e. The van der Waals surface area contributed by atoms with Gasteiger partial charge in [-0.25, -0.2) is 4.79 Å². The predicted octanol–water partition coefficient (Wildman–Crippen LogP) is 6.65. The average Bonchev–Trinajstić information content (AvgIpc) is 2.83. The average molecular weight is 487 g/mol.